The number of hydrogen-bond donors (Lipinski definition) is 1. The van der Waals surface area contributed by atoms with E-state index in [9.17, 15) is 19.7 Å². The first-order valence-corrected chi connectivity index (χ1v) is 9.09. The van der Waals surface area contributed by atoms with Gasteiger partial charge in [-0.1, -0.05) is 0 Å². The van der Waals surface area contributed by atoms with Gasteiger partial charge in [-0.15, -0.1) is 0 Å². The van der Waals surface area contributed by atoms with Gasteiger partial charge in [0, 0.05) is 30.8 Å². The molecule has 2 amide bonds. The van der Waals surface area contributed by atoms with E-state index in [0.29, 0.717) is 30.4 Å². The van der Waals surface area contributed by atoms with Crippen LogP contribution >= 0.6 is 15.9 Å². The molecule has 1 fully saturated rings. The highest BCUT2D eigenvalue weighted by Crippen LogP contribution is 2.26. The summed E-state index contributed by atoms with van der Waals surface area (Å²) in [5.74, 6) is -0.365. The molecule has 0 radical (unpaired) electrons. The van der Waals surface area contributed by atoms with Crippen molar-refractivity contribution in [2.24, 2.45) is 0 Å². The smallest absolute Gasteiger partial charge is 0.410 e. The van der Waals surface area contributed by atoms with Crippen LogP contribution in [0.5, 0.6) is 0 Å². The van der Waals surface area contributed by atoms with Crippen LogP contribution in [0, 0.1) is 10.1 Å². The molecule has 1 saturated heterocycles. The lowest BCUT2D eigenvalue weighted by Gasteiger charge is -2.33. The largest absolute Gasteiger partial charge is 0.444 e. The molecule has 142 valence electrons. The van der Waals surface area contributed by atoms with Crippen LogP contribution in [0.15, 0.2) is 22.7 Å². The molecule has 8 nitrogen and oxygen atoms in total. The van der Waals surface area contributed by atoms with Gasteiger partial charge in [-0.05, 0) is 61.7 Å². The summed E-state index contributed by atoms with van der Waals surface area (Å²) in [6.45, 7) is 6.42. The Balaban J connectivity index is 1.91. The van der Waals surface area contributed by atoms with Gasteiger partial charge in [0.15, 0.2) is 0 Å². The normalized spacial score (nSPS) is 15.5. The minimum absolute atomic E-state index is 0.0936. The standard InChI is InChI=1S/C17H22BrN3O5/c1-17(2,3)26-16(23)20-8-6-12(7-9-20)19-15(22)11-4-5-13(18)14(10-11)21(24)25/h4-5,10,12H,6-9H2,1-3H3,(H,19,22). The Bertz CT molecular complexity index is 709. The van der Waals surface area contributed by atoms with Gasteiger partial charge in [0.05, 0.1) is 9.40 Å². The lowest BCUT2D eigenvalue weighted by atomic mass is 10.0. The highest BCUT2D eigenvalue weighted by atomic mass is 79.9. The molecule has 9 heteroatoms. The van der Waals surface area contributed by atoms with Gasteiger partial charge in [-0.3, -0.25) is 14.9 Å². The number of amides is 2. The van der Waals surface area contributed by atoms with E-state index in [0.717, 1.165) is 0 Å². The number of halogens is 1. The first-order chi connectivity index (χ1) is 12.1. The second-order valence-electron chi connectivity index (χ2n) is 7.14. The zero-order chi connectivity index (χ0) is 19.5. The monoisotopic (exact) mass is 427 g/mol. The molecular weight excluding hydrogens is 406 g/mol. The average molecular weight is 428 g/mol. The van der Waals surface area contributed by atoms with Crippen molar-refractivity contribution >= 4 is 33.6 Å². The zero-order valence-corrected chi connectivity index (χ0v) is 16.5. The molecule has 0 unspecified atom stereocenters. The molecule has 1 heterocycles. The molecule has 0 aromatic heterocycles. The van der Waals surface area contributed by atoms with Crippen molar-refractivity contribution in [2.75, 3.05) is 13.1 Å². The molecule has 1 N–H and O–H groups in total. The Morgan fingerprint density at radius 2 is 1.92 bits per heavy atom. The molecule has 1 aromatic rings. The average Bonchev–Trinajstić information content (AvgIpc) is 2.54. The number of nitro benzene ring substituents is 1. The number of nitro groups is 1. The Kier molecular flexibility index (Phi) is 6.22. The van der Waals surface area contributed by atoms with Gasteiger partial charge in [0.1, 0.15) is 5.60 Å². The Hall–Kier alpha value is -2.16. The minimum atomic E-state index is -0.543. The number of carbonyl (C=O) groups is 2. The van der Waals surface area contributed by atoms with Crippen LogP contribution in [0.4, 0.5) is 10.5 Å². The van der Waals surface area contributed by atoms with Crippen molar-refractivity contribution in [3.63, 3.8) is 0 Å². The summed E-state index contributed by atoms with van der Waals surface area (Å²) in [6.07, 6.45) is 0.846. The number of piperidine rings is 1. The molecule has 0 bridgehead atoms. The molecule has 0 saturated carbocycles. The number of hydrogen-bond acceptors (Lipinski definition) is 5. The second kappa shape index (κ2) is 8.03. The third kappa shape index (κ3) is 5.42. The highest BCUT2D eigenvalue weighted by molar-refractivity contribution is 9.10. The van der Waals surface area contributed by atoms with Gasteiger partial charge in [-0.2, -0.15) is 0 Å². The lowest BCUT2D eigenvalue weighted by molar-refractivity contribution is -0.385. The maximum Gasteiger partial charge on any atom is 0.410 e. The lowest BCUT2D eigenvalue weighted by Crippen LogP contribution is -2.47. The maximum absolute atomic E-state index is 12.3. The fraction of sp³-hybridized carbons (Fsp3) is 0.529. The van der Waals surface area contributed by atoms with Crippen LogP contribution in [0.3, 0.4) is 0 Å². The summed E-state index contributed by atoms with van der Waals surface area (Å²) >= 11 is 3.10. The molecule has 1 aromatic carbocycles. The molecular formula is C17H22BrN3O5. The zero-order valence-electron chi connectivity index (χ0n) is 15.0. The molecule has 0 spiro atoms. The van der Waals surface area contributed by atoms with E-state index in [1.807, 2.05) is 20.8 Å². The van der Waals surface area contributed by atoms with E-state index in [2.05, 4.69) is 21.2 Å². The molecule has 0 aliphatic carbocycles. The predicted molar refractivity (Wildman–Crippen MR) is 99.1 cm³/mol. The van der Waals surface area contributed by atoms with Crippen molar-refractivity contribution < 1.29 is 19.2 Å². The SMILES string of the molecule is CC(C)(C)OC(=O)N1CCC(NC(=O)c2ccc(Br)c([N+](=O)[O-])c2)CC1. The number of carbonyl (C=O) groups excluding carboxylic acids is 2. The number of nitrogens with zero attached hydrogens (tertiary/aromatic N) is 2. The van der Waals surface area contributed by atoms with E-state index in [4.69, 9.17) is 4.74 Å². The summed E-state index contributed by atoms with van der Waals surface area (Å²) in [5.41, 5.74) is -0.467. The van der Waals surface area contributed by atoms with Crippen molar-refractivity contribution in [1.29, 1.82) is 0 Å². The Labute approximate surface area is 160 Å². The van der Waals surface area contributed by atoms with Crippen molar-refractivity contribution in [3.8, 4) is 0 Å². The number of ether oxygens (including phenoxy) is 1. The summed E-state index contributed by atoms with van der Waals surface area (Å²) in [7, 11) is 0. The Morgan fingerprint density at radius 1 is 1.31 bits per heavy atom. The van der Waals surface area contributed by atoms with Gasteiger partial charge in [0.2, 0.25) is 0 Å². The van der Waals surface area contributed by atoms with Gasteiger partial charge in [0.25, 0.3) is 11.6 Å². The Morgan fingerprint density at radius 3 is 2.46 bits per heavy atom. The highest BCUT2D eigenvalue weighted by Gasteiger charge is 2.28. The van der Waals surface area contributed by atoms with Crippen LogP contribution in [-0.4, -0.2) is 46.6 Å². The van der Waals surface area contributed by atoms with Gasteiger partial charge < -0.3 is 15.0 Å². The fourth-order valence-electron chi connectivity index (χ4n) is 2.60. The van der Waals surface area contributed by atoms with E-state index < -0.39 is 10.5 Å². The molecule has 1 aliphatic rings. The van der Waals surface area contributed by atoms with Crippen LogP contribution in [0.2, 0.25) is 0 Å². The number of likely N-dealkylation sites (tertiary alicyclic amines) is 1. The molecule has 2 rings (SSSR count). The topological polar surface area (TPSA) is 102 Å². The molecule has 26 heavy (non-hydrogen) atoms. The fourth-order valence-corrected chi connectivity index (χ4v) is 2.99. The van der Waals surface area contributed by atoms with Crippen LogP contribution in [0.1, 0.15) is 44.0 Å². The maximum atomic E-state index is 12.3. The van der Waals surface area contributed by atoms with E-state index in [1.54, 1.807) is 4.90 Å². The molecule has 0 atom stereocenters. The van der Waals surface area contributed by atoms with Crippen molar-refractivity contribution in [1.82, 2.24) is 10.2 Å². The van der Waals surface area contributed by atoms with Crippen molar-refractivity contribution in [2.45, 2.75) is 45.3 Å². The first-order valence-electron chi connectivity index (χ1n) is 8.29. The number of nitrogens with one attached hydrogen (secondary N) is 1. The summed E-state index contributed by atoms with van der Waals surface area (Å²) in [4.78, 5) is 36.5. The third-order valence-corrected chi connectivity index (χ3v) is 4.56. The summed E-state index contributed by atoms with van der Waals surface area (Å²) < 4.78 is 5.66. The first kappa shape index (κ1) is 20.2. The summed E-state index contributed by atoms with van der Waals surface area (Å²) in [6, 6.07) is 4.17. The summed E-state index contributed by atoms with van der Waals surface area (Å²) in [5, 5.41) is 13.9. The predicted octanol–water partition coefficient (Wildman–Crippen LogP) is 3.49. The number of benzene rings is 1. The van der Waals surface area contributed by atoms with Crippen LogP contribution in [0.25, 0.3) is 0 Å². The molecule has 1 aliphatic heterocycles. The van der Waals surface area contributed by atoms with Crippen molar-refractivity contribution in [3.05, 3.63) is 38.3 Å². The quantitative estimate of drug-likeness (QED) is 0.587. The minimum Gasteiger partial charge on any atom is -0.444 e. The number of rotatable bonds is 3. The van der Waals surface area contributed by atoms with Gasteiger partial charge in [-0.25, -0.2) is 4.79 Å². The van der Waals surface area contributed by atoms with Crippen LogP contribution in [-0.2, 0) is 4.74 Å². The second-order valence-corrected chi connectivity index (χ2v) is 7.99. The van der Waals surface area contributed by atoms with E-state index >= 15 is 0 Å². The van der Waals surface area contributed by atoms with E-state index in [1.165, 1.54) is 18.2 Å². The third-order valence-electron chi connectivity index (χ3n) is 3.89. The van der Waals surface area contributed by atoms with Crippen LogP contribution < -0.4 is 5.32 Å². The van der Waals surface area contributed by atoms with E-state index in [-0.39, 0.29) is 29.3 Å². The van der Waals surface area contributed by atoms with Gasteiger partial charge >= 0.3 is 6.09 Å².